The minimum Gasteiger partial charge on any atom is -0.490 e. The first kappa shape index (κ1) is 17.1. The Morgan fingerprint density at radius 3 is 3.09 bits per heavy atom. The van der Waals surface area contributed by atoms with E-state index in [1.165, 1.54) is 43.4 Å². The maximum Gasteiger partial charge on any atom is 0.124 e. The largest absolute Gasteiger partial charge is 0.490 e. The van der Waals surface area contributed by atoms with E-state index in [9.17, 15) is 5.11 Å². The molecule has 0 radical (unpaired) electrons. The van der Waals surface area contributed by atoms with Gasteiger partial charge in [-0.05, 0) is 44.4 Å². The highest BCUT2D eigenvalue weighted by Crippen LogP contribution is 2.30. The third-order valence-corrected chi connectivity index (χ3v) is 4.07. The summed E-state index contributed by atoms with van der Waals surface area (Å²) in [7, 11) is 0. The zero-order chi connectivity index (χ0) is 15.6. The molecule has 1 heterocycles. The molecule has 1 aromatic rings. The van der Waals surface area contributed by atoms with E-state index in [1.54, 1.807) is 0 Å². The first-order valence-electron chi connectivity index (χ1n) is 8.68. The highest BCUT2D eigenvalue weighted by Gasteiger charge is 2.13. The fourth-order valence-electron chi connectivity index (χ4n) is 2.79. The zero-order valence-electron chi connectivity index (χ0n) is 13.7. The number of benzene rings is 1. The molecule has 4 nitrogen and oxygen atoms in total. The lowest BCUT2D eigenvalue weighted by Gasteiger charge is -2.17. The molecular formula is C18H30N2O2. The van der Waals surface area contributed by atoms with Crippen LogP contribution in [0.5, 0.6) is 5.75 Å². The molecule has 0 bridgehead atoms. The van der Waals surface area contributed by atoms with Crippen LogP contribution in [0.25, 0.3) is 0 Å². The topological polar surface area (TPSA) is 53.5 Å². The first-order chi connectivity index (χ1) is 10.8. The molecule has 1 aromatic carbocycles. The van der Waals surface area contributed by atoms with Gasteiger partial charge in [-0.15, -0.1) is 0 Å². The highest BCUT2D eigenvalue weighted by atomic mass is 16.5. The highest BCUT2D eigenvalue weighted by molar-refractivity contribution is 5.58. The summed E-state index contributed by atoms with van der Waals surface area (Å²) in [6.45, 7) is 5.13. The summed E-state index contributed by atoms with van der Waals surface area (Å²) in [6, 6.07) is 6.13. The maximum absolute atomic E-state index is 10.0. The molecular weight excluding hydrogens is 276 g/mol. The lowest BCUT2D eigenvalue weighted by molar-refractivity contribution is 0.106. The predicted molar refractivity (Wildman–Crippen MR) is 91.8 cm³/mol. The number of fused-ring (bicyclic) bond motifs is 1. The van der Waals surface area contributed by atoms with Crippen molar-refractivity contribution < 1.29 is 9.84 Å². The Morgan fingerprint density at radius 2 is 2.23 bits per heavy atom. The number of aliphatic hydroxyl groups excluding tert-OH is 1. The molecule has 3 N–H and O–H groups in total. The zero-order valence-corrected chi connectivity index (χ0v) is 13.7. The van der Waals surface area contributed by atoms with Crippen molar-refractivity contribution >= 4 is 5.69 Å². The summed E-state index contributed by atoms with van der Waals surface area (Å²) in [5.41, 5.74) is 2.44. The molecule has 0 saturated carbocycles. The molecule has 124 valence electrons. The number of ether oxygens (including phenoxy) is 1. The van der Waals surface area contributed by atoms with Crippen LogP contribution in [0.15, 0.2) is 18.2 Å². The molecule has 22 heavy (non-hydrogen) atoms. The van der Waals surface area contributed by atoms with Crippen molar-refractivity contribution in [3.63, 3.8) is 0 Å². The smallest absolute Gasteiger partial charge is 0.124 e. The van der Waals surface area contributed by atoms with Gasteiger partial charge in [0.15, 0.2) is 0 Å². The fourth-order valence-corrected chi connectivity index (χ4v) is 2.79. The first-order valence-corrected chi connectivity index (χ1v) is 8.68. The second-order valence-corrected chi connectivity index (χ2v) is 6.04. The van der Waals surface area contributed by atoms with Crippen LogP contribution in [0.1, 0.15) is 44.6 Å². The average Bonchev–Trinajstić information content (AvgIpc) is 2.78. The number of nitrogens with one attached hydrogen (secondary N) is 2. The van der Waals surface area contributed by atoms with Gasteiger partial charge in [-0.1, -0.05) is 25.8 Å². The molecule has 1 aliphatic rings. The Labute approximate surface area is 134 Å². The van der Waals surface area contributed by atoms with Crippen LogP contribution in [0.2, 0.25) is 0 Å². The summed E-state index contributed by atoms with van der Waals surface area (Å²) in [6.07, 6.45) is 6.59. The number of anilines is 1. The minimum atomic E-state index is -0.462. The molecule has 4 heteroatoms. The van der Waals surface area contributed by atoms with E-state index in [0.717, 1.165) is 25.3 Å². The van der Waals surface area contributed by atoms with Gasteiger partial charge in [0.2, 0.25) is 0 Å². The van der Waals surface area contributed by atoms with E-state index >= 15 is 0 Å². The van der Waals surface area contributed by atoms with E-state index in [0.29, 0.717) is 13.2 Å². The van der Waals surface area contributed by atoms with Crippen LogP contribution in [-0.2, 0) is 6.42 Å². The normalized spacial score (nSPS) is 15.5. The molecule has 2 rings (SSSR count). The Morgan fingerprint density at radius 1 is 1.32 bits per heavy atom. The average molecular weight is 306 g/mol. The third-order valence-electron chi connectivity index (χ3n) is 4.07. The monoisotopic (exact) mass is 306 g/mol. The van der Waals surface area contributed by atoms with Crippen molar-refractivity contribution in [3.05, 3.63) is 23.8 Å². The lowest BCUT2D eigenvalue weighted by Crippen LogP contribution is -2.32. The van der Waals surface area contributed by atoms with Crippen LogP contribution < -0.4 is 15.4 Å². The molecule has 0 saturated heterocycles. The number of unbranched alkanes of at least 4 members (excludes halogenated alkanes) is 2. The number of hydrogen-bond acceptors (Lipinski definition) is 4. The van der Waals surface area contributed by atoms with Crippen LogP contribution in [-0.4, -0.2) is 37.5 Å². The summed E-state index contributed by atoms with van der Waals surface area (Å²) >= 11 is 0. The molecule has 0 spiro atoms. The van der Waals surface area contributed by atoms with Gasteiger partial charge in [0, 0.05) is 24.3 Å². The van der Waals surface area contributed by atoms with Crippen molar-refractivity contribution in [3.8, 4) is 5.75 Å². The maximum atomic E-state index is 10.0. The van der Waals surface area contributed by atoms with Crippen molar-refractivity contribution in [2.45, 2.75) is 51.6 Å². The molecule has 0 fully saturated rings. The van der Waals surface area contributed by atoms with Gasteiger partial charge < -0.3 is 20.5 Å². The molecule has 0 aromatic heterocycles. The summed E-state index contributed by atoms with van der Waals surface area (Å²) < 4.78 is 5.87. The van der Waals surface area contributed by atoms with Crippen LogP contribution >= 0.6 is 0 Å². The van der Waals surface area contributed by atoms with E-state index in [4.69, 9.17) is 4.74 Å². The predicted octanol–water partition coefficient (Wildman–Crippen LogP) is 2.95. The van der Waals surface area contributed by atoms with Gasteiger partial charge in [0.1, 0.15) is 18.5 Å². The van der Waals surface area contributed by atoms with Gasteiger partial charge in [0.05, 0.1) is 0 Å². The van der Waals surface area contributed by atoms with E-state index in [-0.39, 0.29) is 0 Å². The standard InChI is InChI=1S/C18H30N2O2/c1-2-3-5-11-19-13-15(21)14-22-18-10-7-9-17-16(18)8-4-6-12-20-17/h7,9-10,15,19-21H,2-6,8,11-14H2,1H3. The minimum absolute atomic E-state index is 0.344. The van der Waals surface area contributed by atoms with E-state index in [2.05, 4.69) is 23.6 Å². The van der Waals surface area contributed by atoms with Crippen molar-refractivity contribution in [1.82, 2.24) is 5.32 Å². The molecule has 0 amide bonds. The van der Waals surface area contributed by atoms with Gasteiger partial charge in [-0.2, -0.15) is 0 Å². The summed E-state index contributed by atoms with van der Waals surface area (Å²) in [4.78, 5) is 0. The number of aliphatic hydroxyl groups is 1. The Hall–Kier alpha value is -1.26. The SMILES string of the molecule is CCCCCNCC(O)COc1cccc2c1CCCCN2. The lowest BCUT2D eigenvalue weighted by atomic mass is 10.1. The van der Waals surface area contributed by atoms with Gasteiger partial charge in [-0.25, -0.2) is 0 Å². The Bertz CT molecular complexity index is 437. The van der Waals surface area contributed by atoms with Crippen LogP contribution in [0.3, 0.4) is 0 Å². The van der Waals surface area contributed by atoms with Crippen molar-refractivity contribution in [2.24, 2.45) is 0 Å². The molecule has 0 aliphatic carbocycles. The summed E-state index contributed by atoms with van der Waals surface area (Å²) in [5.74, 6) is 0.914. The fraction of sp³-hybridized carbons (Fsp3) is 0.667. The van der Waals surface area contributed by atoms with Crippen LogP contribution in [0.4, 0.5) is 5.69 Å². The van der Waals surface area contributed by atoms with Crippen molar-refractivity contribution in [2.75, 3.05) is 31.6 Å². The van der Waals surface area contributed by atoms with E-state index < -0.39 is 6.10 Å². The van der Waals surface area contributed by atoms with Crippen molar-refractivity contribution in [1.29, 1.82) is 0 Å². The Kier molecular flexibility index (Phi) is 7.54. The second-order valence-electron chi connectivity index (χ2n) is 6.04. The van der Waals surface area contributed by atoms with Gasteiger partial charge in [-0.3, -0.25) is 0 Å². The van der Waals surface area contributed by atoms with Gasteiger partial charge >= 0.3 is 0 Å². The molecule has 1 aliphatic heterocycles. The Balaban J connectivity index is 1.76. The number of rotatable bonds is 9. The second kappa shape index (κ2) is 9.70. The molecule has 1 unspecified atom stereocenters. The quantitative estimate of drug-likeness (QED) is 0.614. The van der Waals surface area contributed by atoms with Crippen LogP contribution in [0, 0.1) is 0 Å². The van der Waals surface area contributed by atoms with Gasteiger partial charge in [0.25, 0.3) is 0 Å². The summed E-state index contributed by atoms with van der Waals surface area (Å²) in [5, 5.41) is 16.8. The molecule has 1 atom stereocenters. The number of hydrogen-bond donors (Lipinski definition) is 3. The third kappa shape index (κ3) is 5.50. The van der Waals surface area contributed by atoms with E-state index in [1.807, 2.05) is 12.1 Å².